The van der Waals surface area contributed by atoms with E-state index in [2.05, 4.69) is 5.32 Å². The van der Waals surface area contributed by atoms with Crippen LogP contribution in [0.5, 0.6) is 0 Å². The maximum absolute atomic E-state index is 12.5. The van der Waals surface area contributed by atoms with E-state index in [1.54, 1.807) is 0 Å². The first-order valence-electron chi connectivity index (χ1n) is 7.21. The molecule has 1 fully saturated rings. The summed E-state index contributed by atoms with van der Waals surface area (Å²) in [7, 11) is 0. The molecule has 6 nitrogen and oxygen atoms in total. The van der Waals surface area contributed by atoms with Crippen LogP contribution < -0.4 is 5.32 Å². The SMILES string of the molecule is Cc1ccc2oc3c(c2c1)CN(C1CCC(=O)NC1=O)C3=O. The van der Waals surface area contributed by atoms with Gasteiger partial charge in [0.25, 0.3) is 5.91 Å². The van der Waals surface area contributed by atoms with Crippen molar-refractivity contribution in [1.29, 1.82) is 0 Å². The molecule has 2 aromatic rings. The largest absolute Gasteiger partial charge is 0.451 e. The molecule has 1 atom stereocenters. The topological polar surface area (TPSA) is 79.6 Å². The number of carbonyl (C=O) groups is 3. The molecule has 0 bridgehead atoms. The monoisotopic (exact) mass is 298 g/mol. The molecule has 3 heterocycles. The zero-order valence-corrected chi connectivity index (χ0v) is 12.0. The van der Waals surface area contributed by atoms with Crippen molar-refractivity contribution in [2.24, 2.45) is 0 Å². The molecular weight excluding hydrogens is 284 g/mol. The molecule has 6 heteroatoms. The van der Waals surface area contributed by atoms with E-state index in [1.807, 2.05) is 25.1 Å². The van der Waals surface area contributed by atoms with Crippen molar-refractivity contribution in [1.82, 2.24) is 10.2 Å². The van der Waals surface area contributed by atoms with Gasteiger partial charge in [-0.05, 0) is 25.5 Å². The Labute approximate surface area is 126 Å². The van der Waals surface area contributed by atoms with Crippen molar-refractivity contribution in [2.75, 3.05) is 0 Å². The molecule has 1 aromatic heterocycles. The van der Waals surface area contributed by atoms with Crippen molar-refractivity contribution in [2.45, 2.75) is 32.4 Å². The number of imide groups is 1. The number of hydrogen-bond donors (Lipinski definition) is 1. The van der Waals surface area contributed by atoms with E-state index in [4.69, 9.17) is 4.42 Å². The first kappa shape index (κ1) is 13.1. The van der Waals surface area contributed by atoms with Crippen molar-refractivity contribution in [3.8, 4) is 0 Å². The second-order valence-corrected chi connectivity index (χ2v) is 5.81. The average Bonchev–Trinajstić information content (AvgIpc) is 2.97. The molecule has 4 rings (SSSR count). The summed E-state index contributed by atoms with van der Waals surface area (Å²) in [5.41, 5.74) is 2.60. The van der Waals surface area contributed by atoms with E-state index >= 15 is 0 Å². The molecule has 0 spiro atoms. The van der Waals surface area contributed by atoms with Crippen LogP contribution in [0.25, 0.3) is 11.0 Å². The van der Waals surface area contributed by atoms with E-state index in [9.17, 15) is 14.4 Å². The third kappa shape index (κ3) is 1.76. The molecule has 22 heavy (non-hydrogen) atoms. The number of rotatable bonds is 1. The number of carbonyl (C=O) groups excluding carboxylic acids is 3. The standard InChI is InChI=1S/C16H14N2O4/c1-8-2-4-12-9(6-8)10-7-18(16(21)14(10)22-12)11-3-5-13(19)17-15(11)20/h2,4,6,11H,3,5,7H2,1H3,(H,17,19,20). The minimum atomic E-state index is -0.604. The number of piperidine rings is 1. The molecule has 1 unspecified atom stereocenters. The Morgan fingerprint density at radius 1 is 1.27 bits per heavy atom. The maximum atomic E-state index is 12.5. The van der Waals surface area contributed by atoms with Gasteiger partial charge in [0.1, 0.15) is 11.6 Å². The third-order valence-corrected chi connectivity index (χ3v) is 4.32. The van der Waals surface area contributed by atoms with Crippen molar-refractivity contribution in [3.05, 3.63) is 35.1 Å². The van der Waals surface area contributed by atoms with Crippen LogP contribution in [0.2, 0.25) is 0 Å². The van der Waals surface area contributed by atoms with E-state index in [1.165, 1.54) is 4.90 Å². The molecule has 0 radical (unpaired) electrons. The van der Waals surface area contributed by atoms with Crippen molar-refractivity contribution < 1.29 is 18.8 Å². The first-order chi connectivity index (χ1) is 10.5. The third-order valence-electron chi connectivity index (χ3n) is 4.32. The Hall–Kier alpha value is -2.63. The number of fused-ring (bicyclic) bond motifs is 3. The van der Waals surface area contributed by atoms with Gasteiger partial charge in [0.05, 0.1) is 6.54 Å². The van der Waals surface area contributed by atoms with E-state index in [0.29, 0.717) is 24.3 Å². The van der Waals surface area contributed by atoms with E-state index in [-0.39, 0.29) is 18.2 Å². The molecule has 1 aromatic carbocycles. The minimum Gasteiger partial charge on any atom is -0.451 e. The molecule has 0 aliphatic carbocycles. The average molecular weight is 298 g/mol. The van der Waals surface area contributed by atoms with Gasteiger partial charge in [0.2, 0.25) is 11.8 Å². The van der Waals surface area contributed by atoms with Crippen molar-refractivity contribution in [3.63, 3.8) is 0 Å². The Morgan fingerprint density at radius 2 is 2.09 bits per heavy atom. The lowest BCUT2D eigenvalue weighted by atomic mass is 10.0. The van der Waals surface area contributed by atoms with Crippen LogP contribution in [0.1, 0.15) is 34.5 Å². The summed E-state index contributed by atoms with van der Waals surface area (Å²) in [6.45, 7) is 2.32. The fourth-order valence-electron chi connectivity index (χ4n) is 3.20. The van der Waals surface area contributed by atoms with Crippen LogP contribution in [0.3, 0.4) is 0 Å². The summed E-state index contributed by atoms with van der Waals surface area (Å²) < 4.78 is 5.67. The Morgan fingerprint density at radius 3 is 2.86 bits per heavy atom. The molecule has 3 amide bonds. The summed E-state index contributed by atoms with van der Waals surface area (Å²) in [6.07, 6.45) is 0.610. The summed E-state index contributed by atoms with van der Waals surface area (Å²) in [6, 6.07) is 5.17. The normalized spacial score (nSPS) is 21.4. The molecule has 2 aliphatic heterocycles. The summed E-state index contributed by atoms with van der Waals surface area (Å²) >= 11 is 0. The highest BCUT2D eigenvalue weighted by atomic mass is 16.3. The molecule has 1 N–H and O–H groups in total. The van der Waals surface area contributed by atoms with Crippen LogP contribution in [0, 0.1) is 6.92 Å². The Kier molecular flexibility index (Phi) is 2.63. The highest BCUT2D eigenvalue weighted by Gasteiger charge is 2.41. The number of furan rings is 1. The quantitative estimate of drug-likeness (QED) is 0.809. The number of nitrogens with zero attached hydrogens (tertiary/aromatic N) is 1. The van der Waals surface area contributed by atoms with Gasteiger partial charge < -0.3 is 9.32 Å². The summed E-state index contributed by atoms with van der Waals surface area (Å²) in [5.74, 6) is -0.662. The van der Waals surface area contributed by atoms with E-state index in [0.717, 1.165) is 16.5 Å². The summed E-state index contributed by atoms with van der Waals surface area (Å²) in [5, 5.41) is 3.20. The molecule has 112 valence electrons. The van der Waals surface area contributed by atoms with Gasteiger partial charge in [-0.25, -0.2) is 0 Å². The van der Waals surface area contributed by atoms with Crippen LogP contribution in [0.4, 0.5) is 0 Å². The predicted octanol–water partition coefficient (Wildman–Crippen LogP) is 1.50. The van der Waals surface area contributed by atoms with Crippen LogP contribution in [0.15, 0.2) is 22.6 Å². The van der Waals surface area contributed by atoms with Gasteiger partial charge in [-0.3, -0.25) is 19.7 Å². The van der Waals surface area contributed by atoms with Crippen LogP contribution >= 0.6 is 0 Å². The lowest BCUT2D eigenvalue weighted by molar-refractivity contribution is -0.136. The zero-order chi connectivity index (χ0) is 15.4. The van der Waals surface area contributed by atoms with E-state index < -0.39 is 11.9 Å². The predicted molar refractivity (Wildman–Crippen MR) is 77.0 cm³/mol. The van der Waals surface area contributed by atoms with Gasteiger partial charge in [-0.2, -0.15) is 0 Å². The second-order valence-electron chi connectivity index (χ2n) is 5.81. The van der Waals surface area contributed by atoms with Gasteiger partial charge >= 0.3 is 0 Å². The second kappa shape index (κ2) is 4.43. The number of amides is 3. The lowest BCUT2D eigenvalue weighted by Crippen LogP contribution is -2.52. The first-order valence-corrected chi connectivity index (χ1v) is 7.21. The maximum Gasteiger partial charge on any atom is 0.290 e. The van der Waals surface area contributed by atoms with Crippen LogP contribution in [-0.2, 0) is 16.1 Å². The number of aryl methyl sites for hydroxylation is 1. The Balaban J connectivity index is 1.71. The summed E-state index contributed by atoms with van der Waals surface area (Å²) in [4.78, 5) is 37.3. The van der Waals surface area contributed by atoms with Gasteiger partial charge in [0, 0.05) is 17.4 Å². The highest BCUT2D eigenvalue weighted by Crippen LogP contribution is 2.35. The molecular formula is C16H14N2O4. The smallest absolute Gasteiger partial charge is 0.290 e. The number of hydrogen-bond acceptors (Lipinski definition) is 4. The highest BCUT2D eigenvalue weighted by molar-refractivity contribution is 6.06. The van der Waals surface area contributed by atoms with Gasteiger partial charge in [0.15, 0.2) is 5.76 Å². The van der Waals surface area contributed by atoms with Crippen LogP contribution in [-0.4, -0.2) is 28.7 Å². The number of nitrogens with one attached hydrogen (secondary N) is 1. The number of benzene rings is 1. The minimum absolute atomic E-state index is 0.251. The lowest BCUT2D eigenvalue weighted by Gasteiger charge is -2.29. The Bertz CT molecular complexity index is 836. The fraction of sp³-hybridized carbons (Fsp3) is 0.312. The van der Waals surface area contributed by atoms with Gasteiger partial charge in [-0.1, -0.05) is 11.6 Å². The zero-order valence-electron chi connectivity index (χ0n) is 12.0. The fourth-order valence-corrected chi connectivity index (χ4v) is 3.20. The molecule has 1 saturated heterocycles. The van der Waals surface area contributed by atoms with Gasteiger partial charge in [-0.15, -0.1) is 0 Å². The van der Waals surface area contributed by atoms with Crippen molar-refractivity contribution >= 4 is 28.7 Å². The molecule has 0 saturated carbocycles. The molecule has 2 aliphatic rings.